The van der Waals surface area contributed by atoms with Gasteiger partial charge >= 0.3 is 0 Å². The fourth-order valence-corrected chi connectivity index (χ4v) is 1.45. The third-order valence-electron chi connectivity index (χ3n) is 1.87. The molecule has 0 radical (unpaired) electrons. The fraction of sp³-hybridized carbons (Fsp3) is 0.111. The van der Waals surface area contributed by atoms with Gasteiger partial charge in [-0.1, -0.05) is 0 Å². The summed E-state index contributed by atoms with van der Waals surface area (Å²) in [5.74, 6) is 0.377. The molecule has 0 atom stereocenters. The van der Waals surface area contributed by atoms with Crippen molar-refractivity contribution in [3.8, 4) is 0 Å². The highest BCUT2D eigenvalue weighted by molar-refractivity contribution is 6.17. The van der Waals surface area contributed by atoms with Crippen LogP contribution in [-0.4, -0.2) is 9.97 Å². The second-order valence-electron chi connectivity index (χ2n) is 2.73. The molecule has 0 aliphatic rings. The van der Waals surface area contributed by atoms with Crippen molar-refractivity contribution in [3.05, 3.63) is 30.2 Å². The first-order chi connectivity index (χ1) is 6.31. The molecule has 0 spiro atoms. The zero-order valence-electron chi connectivity index (χ0n) is 6.87. The molecule has 0 aliphatic carbocycles. The lowest BCUT2D eigenvalue weighted by Gasteiger charge is -2.01. The molecule has 0 fully saturated rings. The lowest BCUT2D eigenvalue weighted by molar-refractivity contribution is 1.13. The molecule has 1 aromatic carbocycles. The number of hydrogen-bond acceptors (Lipinski definition) is 3. The Bertz CT molecular complexity index is 442. The van der Waals surface area contributed by atoms with E-state index in [1.807, 2.05) is 18.2 Å². The van der Waals surface area contributed by atoms with Crippen molar-refractivity contribution in [1.29, 1.82) is 0 Å². The molecular formula is C9H8ClN3. The molecule has 1 heterocycles. The Morgan fingerprint density at radius 3 is 2.92 bits per heavy atom. The number of benzene rings is 1. The number of rotatable bonds is 1. The molecule has 66 valence electrons. The molecule has 3 nitrogen and oxygen atoms in total. The van der Waals surface area contributed by atoms with E-state index in [0.717, 1.165) is 16.6 Å². The lowest BCUT2D eigenvalue weighted by atomic mass is 10.2. The first-order valence-corrected chi connectivity index (χ1v) is 4.40. The van der Waals surface area contributed by atoms with Crippen LogP contribution in [0.5, 0.6) is 0 Å². The van der Waals surface area contributed by atoms with Crippen molar-refractivity contribution in [2.45, 2.75) is 5.88 Å². The van der Waals surface area contributed by atoms with Crippen LogP contribution in [0, 0.1) is 0 Å². The van der Waals surface area contributed by atoms with E-state index < -0.39 is 0 Å². The quantitative estimate of drug-likeness (QED) is 0.557. The van der Waals surface area contributed by atoms with Gasteiger partial charge in [-0.2, -0.15) is 0 Å². The highest BCUT2D eigenvalue weighted by Gasteiger charge is 2.01. The van der Waals surface area contributed by atoms with Gasteiger partial charge in [0, 0.05) is 11.1 Å². The molecular weight excluding hydrogens is 186 g/mol. The Morgan fingerprint density at radius 1 is 1.31 bits per heavy atom. The molecule has 0 aliphatic heterocycles. The summed E-state index contributed by atoms with van der Waals surface area (Å²) in [4.78, 5) is 8.17. The van der Waals surface area contributed by atoms with E-state index in [9.17, 15) is 0 Å². The minimum Gasteiger partial charge on any atom is -0.399 e. The van der Waals surface area contributed by atoms with Crippen molar-refractivity contribution in [1.82, 2.24) is 9.97 Å². The van der Waals surface area contributed by atoms with Gasteiger partial charge in [0.15, 0.2) is 0 Å². The number of aromatic nitrogens is 2. The largest absolute Gasteiger partial charge is 0.399 e. The van der Waals surface area contributed by atoms with E-state index >= 15 is 0 Å². The number of nitrogens with two attached hydrogens (primary N) is 1. The monoisotopic (exact) mass is 193 g/mol. The fourth-order valence-electron chi connectivity index (χ4n) is 1.23. The maximum Gasteiger partial charge on any atom is 0.116 e. The normalized spacial score (nSPS) is 10.5. The zero-order chi connectivity index (χ0) is 9.26. The number of halogens is 1. The third kappa shape index (κ3) is 1.42. The Hall–Kier alpha value is -1.35. The van der Waals surface area contributed by atoms with E-state index in [-0.39, 0.29) is 0 Å². The average Bonchev–Trinajstić information content (AvgIpc) is 2.17. The molecule has 1 aromatic heterocycles. The molecule has 0 saturated heterocycles. The van der Waals surface area contributed by atoms with Crippen LogP contribution in [0.2, 0.25) is 0 Å². The summed E-state index contributed by atoms with van der Waals surface area (Å²) in [5.41, 5.74) is 8.04. The van der Waals surface area contributed by atoms with Crippen LogP contribution in [0.1, 0.15) is 5.69 Å². The number of nitrogen functional groups attached to an aromatic ring is 1. The van der Waals surface area contributed by atoms with Crippen LogP contribution >= 0.6 is 11.6 Å². The van der Waals surface area contributed by atoms with Crippen LogP contribution in [0.25, 0.3) is 10.9 Å². The number of nitrogens with zero attached hydrogens (tertiary/aromatic N) is 2. The molecule has 2 N–H and O–H groups in total. The van der Waals surface area contributed by atoms with Crippen LogP contribution in [-0.2, 0) is 5.88 Å². The van der Waals surface area contributed by atoms with Crippen molar-refractivity contribution in [3.63, 3.8) is 0 Å². The predicted octanol–water partition coefficient (Wildman–Crippen LogP) is 1.95. The number of alkyl halides is 1. The maximum absolute atomic E-state index is 5.73. The van der Waals surface area contributed by atoms with Crippen LogP contribution in [0.3, 0.4) is 0 Å². The second-order valence-corrected chi connectivity index (χ2v) is 3.00. The molecule has 0 bridgehead atoms. The van der Waals surface area contributed by atoms with Gasteiger partial charge in [0.2, 0.25) is 0 Å². The summed E-state index contributed by atoms with van der Waals surface area (Å²) in [6.07, 6.45) is 1.51. The summed E-state index contributed by atoms with van der Waals surface area (Å²) < 4.78 is 0. The number of fused-ring (bicyclic) bond motifs is 1. The third-order valence-corrected chi connectivity index (χ3v) is 2.12. The van der Waals surface area contributed by atoms with E-state index in [2.05, 4.69) is 9.97 Å². The smallest absolute Gasteiger partial charge is 0.116 e. The highest BCUT2D eigenvalue weighted by atomic mass is 35.5. The molecule has 2 rings (SSSR count). The van der Waals surface area contributed by atoms with Gasteiger partial charge < -0.3 is 5.73 Å². The zero-order valence-corrected chi connectivity index (χ0v) is 7.62. The Kier molecular flexibility index (Phi) is 2.02. The lowest BCUT2D eigenvalue weighted by Crippen LogP contribution is -1.92. The Morgan fingerprint density at radius 2 is 2.15 bits per heavy atom. The minimum atomic E-state index is 0.377. The number of anilines is 1. The summed E-state index contributed by atoms with van der Waals surface area (Å²) in [5, 5.41) is 0.928. The van der Waals surface area contributed by atoms with Gasteiger partial charge in [-0.25, -0.2) is 9.97 Å². The molecule has 13 heavy (non-hydrogen) atoms. The molecule has 0 amide bonds. The molecule has 0 unspecified atom stereocenters. The molecule has 0 saturated carbocycles. The minimum absolute atomic E-state index is 0.377. The van der Waals surface area contributed by atoms with E-state index in [4.69, 9.17) is 17.3 Å². The van der Waals surface area contributed by atoms with Gasteiger partial charge in [0.25, 0.3) is 0 Å². The average molecular weight is 194 g/mol. The first-order valence-electron chi connectivity index (χ1n) is 3.86. The van der Waals surface area contributed by atoms with Gasteiger partial charge in [0.05, 0.1) is 17.1 Å². The SMILES string of the molecule is Nc1ccc2ncnc(CCl)c2c1. The van der Waals surface area contributed by atoms with E-state index in [1.54, 1.807) is 0 Å². The van der Waals surface area contributed by atoms with Crippen molar-refractivity contribution in [2.75, 3.05) is 5.73 Å². The molecule has 2 aromatic rings. The number of hydrogen-bond donors (Lipinski definition) is 1. The Labute approximate surface area is 80.6 Å². The van der Waals surface area contributed by atoms with Gasteiger partial charge in [-0.3, -0.25) is 0 Å². The highest BCUT2D eigenvalue weighted by Crippen LogP contribution is 2.18. The van der Waals surface area contributed by atoms with Gasteiger partial charge in [-0.15, -0.1) is 11.6 Å². The van der Waals surface area contributed by atoms with Crippen LogP contribution in [0.15, 0.2) is 24.5 Å². The van der Waals surface area contributed by atoms with Gasteiger partial charge in [-0.05, 0) is 18.2 Å². The standard InChI is InChI=1S/C9H8ClN3/c10-4-9-7-3-6(11)1-2-8(7)12-5-13-9/h1-3,5H,4,11H2. The van der Waals surface area contributed by atoms with Crippen molar-refractivity contribution < 1.29 is 0 Å². The summed E-state index contributed by atoms with van der Waals surface area (Å²) >= 11 is 5.73. The maximum atomic E-state index is 5.73. The summed E-state index contributed by atoms with van der Waals surface area (Å²) in [6.45, 7) is 0. The van der Waals surface area contributed by atoms with Crippen LogP contribution < -0.4 is 5.73 Å². The van der Waals surface area contributed by atoms with Gasteiger partial charge in [0.1, 0.15) is 6.33 Å². The summed E-state index contributed by atoms with van der Waals surface area (Å²) in [7, 11) is 0. The van der Waals surface area contributed by atoms with E-state index in [1.165, 1.54) is 6.33 Å². The van der Waals surface area contributed by atoms with Crippen molar-refractivity contribution in [2.24, 2.45) is 0 Å². The van der Waals surface area contributed by atoms with Crippen LogP contribution in [0.4, 0.5) is 5.69 Å². The molecule has 4 heteroatoms. The summed E-state index contributed by atoms with van der Waals surface area (Å²) in [6, 6.07) is 5.52. The second kappa shape index (κ2) is 3.18. The van der Waals surface area contributed by atoms with Crippen molar-refractivity contribution >= 4 is 28.2 Å². The first kappa shape index (κ1) is 8.26. The topological polar surface area (TPSA) is 51.8 Å². The Balaban J connectivity index is 2.79. The predicted molar refractivity (Wildman–Crippen MR) is 53.5 cm³/mol. The van der Waals surface area contributed by atoms with E-state index in [0.29, 0.717) is 11.6 Å².